The molecule has 4 heteroatoms. The normalized spacial score (nSPS) is 26.4. The number of rotatable bonds is 3. The Balaban J connectivity index is 2.32. The molecule has 4 nitrogen and oxygen atoms in total. The van der Waals surface area contributed by atoms with Crippen molar-refractivity contribution in [3.05, 3.63) is 23.0 Å². The van der Waals surface area contributed by atoms with Gasteiger partial charge in [-0.3, -0.25) is 4.98 Å². The van der Waals surface area contributed by atoms with Gasteiger partial charge in [0.1, 0.15) is 5.56 Å². The van der Waals surface area contributed by atoms with E-state index >= 15 is 0 Å². The van der Waals surface area contributed by atoms with Gasteiger partial charge in [0.25, 0.3) is 0 Å². The molecule has 0 aromatic carbocycles. The van der Waals surface area contributed by atoms with Crippen molar-refractivity contribution in [1.29, 1.82) is 0 Å². The van der Waals surface area contributed by atoms with Crippen LogP contribution in [0.5, 0.6) is 0 Å². The number of nitrogens with zero attached hydrogens (tertiary/aromatic N) is 1. The summed E-state index contributed by atoms with van der Waals surface area (Å²) < 4.78 is 0. The molecular weight excluding hydrogens is 240 g/mol. The summed E-state index contributed by atoms with van der Waals surface area (Å²) in [6.07, 6.45) is 2.30. The topological polar surface area (TPSA) is 62.2 Å². The van der Waals surface area contributed by atoms with E-state index in [1.807, 2.05) is 13.0 Å². The molecule has 2 N–H and O–H groups in total. The van der Waals surface area contributed by atoms with Gasteiger partial charge in [0, 0.05) is 11.7 Å². The van der Waals surface area contributed by atoms with Crippen LogP contribution in [0.2, 0.25) is 0 Å². The van der Waals surface area contributed by atoms with Crippen molar-refractivity contribution in [3.8, 4) is 0 Å². The average molecular weight is 262 g/mol. The minimum atomic E-state index is -0.911. The van der Waals surface area contributed by atoms with Gasteiger partial charge >= 0.3 is 5.97 Å². The largest absolute Gasteiger partial charge is 0.478 e. The number of hydrogen-bond acceptors (Lipinski definition) is 3. The molecule has 19 heavy (non-hydrogen) atoms. The molecule has 1 heterocycles. The van der Waals surface area contributed by atoms with E-state index in [0.717, 1.165) is 12.1 Å². The molecule has 1 aliphatic rings. The van der Waals surface area contributed by atoms with Gasteiger partial charge in [0.15, 0.2) is 0 Å². The number of aromatic carboxylic acids is 1. The van der Waals surface area contributed by atoms with E-state index in [9.17, 15) is 9.90 Å². The number of pyridine rings is 1. The lowest BCUT2D eigenvalue weighted by Gasteiger charge is -2.22. The Morgan fingerprint density at radius 2 is 2.05 bits per heavy atom. The fourth-order valence-electron chi connectivity index (χ4n) is 2.98. The quantitative estimate of drug-likeness (QED) is 0.877. The van der Waals surface area contributed by atoms with Gasteiger partial charge in [-0.2, -0.15) is 0 Å². The molecule has 2 rings (SSSR count). The first-order chi connectivity index (χ1) is 8.90. The van der Waals surface area contributed by atoms with Crippen LogP contribution >= 0.6 is 0 Å². The molecule has 3 atom stereocenters. The van der Waals surface area contributed by atoms with Crippen LogP contribution in [-0.2, 0) is 0 Å². The Hall–Kier alpha value is -1.58. The lowest BCUT2D eigenvalue weighted by atomic mass is 9.97. The highest BCUT2D eigenvalue weighted by atomic mass is 16.4. The van der Waals surface area contributed by atoms with Crippen molar-refractivity contribution in [2.75, 3.05) is 5.32 Å². The van der Waals surface area contributed by atoms with E-state index in [4.69, 9.17) is 0 Å². The first kappa shape index (κ1) is 13.8. The predicted octanol–water partition coefficient (Wildman–Crippen LogP) is 3.24. The summed E-state index contributed by atoms with van der Waals surface area (Å²) >= 11 is 0. The van der Waals surface area contributed by atoms with Crippen molar-refractivity contribution in [3.63, 3.8) is 0 Å². The highest BCUT2D eigenvalue weighted by molar-refractivity contribution is 5.95. The summed E-state index contributed by atoms with van der Waals surface area (Å²) in [5.41, 5.74) is 2.44. The Labute approximate surface area is 114 Å². The SMILES string of the molecule is Cc1cc(NC2CCC(C)C2C)c(C(=O)O)c(C)n1. The molecule has 0 saturated heterocycles. The molecular formula is C15H22N2O2. The predicted molar refractivity (Wildman–Crippen MR) is 75.6 cm³/mol. The maximum atomic E-state index is 11.4. The van der Waals surface area contributed by atoms with Crippen molar-refractivity contribution >= 4 is 11.7 Å². The molecule has 0 aliphatic heterocycles. The average Bonchev–Trinajstić information content (AvgIpc) is 2.59. The van der Waals surface area contributed by atoms with Gasteiger partial charge in [-0.05, 0) is 44.6 Å². The van der Waals surface area contributed by atoms with Crippen molar-refractivity contribution < 1.29 is 9.90 Å². The number of aromatic nitrogens is 1. The highest BCUT2D eigenvalue weighted by Crippen LogP contribution is 2.34. The zero-order chi connectivity index (χ0) is 14.2. The molecule has 0 amide bonds. The summed E-state index contributed by atoms with van der Waals surface area (Å²) in [4.78, 5) is 15.6. The van der Waals surface area contributed by atoms with Crippen molar-refractivity contribution in [2.24, 2.45) is 11.8 Å². The van der Waals surface area contributed by atoms with Crippen LogP contribution in [0.3, 0.4) is 0 Å². The van der Waals surface area contributed by atoms with Gasteiger partial charge in [-0.1, -0.05) is 13.8 Å². The van der Waals surface area contributed by atoms with Crippen LogP contribution in [0.15, 0.2) is 6.07 Å². The number of carboxylic acid groups (broad SMARTS) is 1. The molecule has 1 fully saturated rings. The molecule has 0 radical (unpaired) electrons. The molecule has 1 aromatic rings. The summed E-state index contributed by atoms with van der Waals surface area (Å²) in [5, 5.41) is 12.8. The fraction of sp³-hybridized carbons (Fsp3) is 0.600. The van der Waals surface area contributed by atoms with Gasteiger partial charge in [0.2, 0.25) is 0 Å². The van der Waals surface area contributed by atoms with E-state index in [0.29, 0.717) is 34.8 Å². The van der Waals surface area contributed by atoms with Crippen LogP contribution in [0.25, 0.3) is 0 Å². The highest BCUT2D eigenvalue weighted by Gasteiger charge is 2.30. The maximum absolute atomic E-state index is 11.4. The summed E-state index contributed by atoms with van der Waals surface area (Å²) in [6, 6.07) is 2.20. The standard InChI is InChI=1S/C15H22N2O2/c1-8-5-6-12(10(8)3)17-13-7-9(2)16-11(4)14(13)15(18)19/h7-8,10,12H,5-6H2,1-4H3,(H,16,17)(H,18,19). The molecule has 0 spiro atoms. The summed E-state index contributed by atoms with van der Waals surface area (Å²) in [7, 11) is 0. The maximum Gasteiger partial charge on any atom is 0.339 e. The Kier molecular flexibility index (Phi) is 3.78. The number of nitrogens with one attached hydrogen (secondary N) is 1. The van der Waals surface area contributed by atoms with E-state index < -0.39 is 5.97 Å². The van der Waals surface area contributed by atoms with Crippen LogP contribution < -0.4 is 5.32 Å². The van der Waals surface area contributed by atoms with E-state index in [1.165, 1.54) is 6.42 Å². The number of hydrogen-bond donors (Lipinski definition) is 2. The zero-order valence-electron chi connectivity index (χ0n) is 12.0. The lowest BCUT2D eigenvalue weighted by molar-refractivity contribution is 0.0696. The number of carbonyl (C=O) groups is 1. The van der Waals surface area contributed by atoms with Crippen LogP contribution in [0.1, 0.15) is 48.4 Å². The molecule has 3 unspecified atom stereocenters. The number of carboxylic acids is 1. The van der Waals surface area contributed by atoms with Crippen molar-refractivity contribution in [1.82, 2.24) is 4.98 Å². The minimum absolute atomic E-state index is 0.303. The second kappa shape index (κ2) is 5.19. The van der Waals surface area contributed by atoms with E-state index in [2.05, 4.69) is 24.1 Å². The first-order valence-corrected chi connectivity index (χ1v) is 6.88. The Morgan fingerprint density at radius 1 is 1.37 bits per heavy atom. The summed E-state index contributed by atoms with van der Waals surface area (Å²) in [6.45, 7) is 8.14. The third-order valence-electron chi connectivity index (χ3n) is 4.35. The second-order valence-electron chi connectivity index (χ2n) is 5.74. The molecule has 104 valence electrons. The molecule has 1 aliphatic carbocycles. The van der Waals surface area contributed by atoms with Gasteiger partial charge < -0.3 is 10.4 Å². The number of anilines is 1. The van der Waals surface area contributed by atoms with Crippen molar-refractivity contribution in [2.45, 2.75) is 46.6 Å². The fourth-order valence-corrected chi connectivity index (χ4v) is 2.98. The van der Waals surface area contributed by atoms with Crippen LogP contribution in [0.4, 0.5) is 5.69 Å². The minimum Gasteiger partial charge on any atom is -0.478 e. The lowest BCUT2D eigenvalue weighted by Crippen LogP contribution is -2.25. The molecule has 1 saturated carbocycles. The van der Waals surface area contributed by atoms with Gasteiger partial charge in [-0.25, -0.2) is 4.79 Å². The Morgan fingerprint density at radius 3 is 2.58 bits per heavy atom. The number of aryl methyl sites for hydroxylation is 2. The third-order valence-corrected chi connectivity index (χ3v) is 4.35. The summed E-state index contributed by atoms with van der Waals surface area (Å²) in [5.74, 6) is 0.344. The van der Waals surface area contributed by atoms with E-state index in [-0.39, 0.29) is 0 Å². The van der Waals surface area contributed by atoms with Gasteiger partial charge in [0.05, 0.1) is 11.4 Å². The molecule has 1 aromatic heterocycles. The first-order valence-electron chi connectivity index (χ1n) is 6.88. The third kappa shape index (κ3) is 2.72. The molecule has 0 bridgehead atoms. The zero-order valence-corrected chi connectivity index (χ0v) is 12.0. The smallest absolute Gasteiger partial charge is 0.339 e. The monoisotopic (exact) mass is 262 g/mol. The van der Waals surface area contributed by atoms with Gasteiger partial charge in [-0.15, -0.1) is 0 Å². The van der Waals surface area contributed by atoms with E-state index in [1.54, 1.807) is 6.92 Å². The Bertz CT molecular complexity index is 499. The van der Waals surface area contributed by atoms with Crippen LogP contribution in [0, 0.1) is 25.7 Å². The second-order valence-corrected chi connectivity index (χ2v) is 5.74. The van der Waals surface area contributed by atoms with Crippen LogP contribution in [-0.4, -0.2) is 22.1 Å².